The number of rotatable bonds is 3. The van der Waals surface area contributed by atoms with Crippen molar-refractivity contribution >= 4 is 11.0 Å². The van der Waals surface area contributed by atoms with Gasteiger partial charge in [-0.2, -0.15) is 0 Å². The van der Waals surface area contributed by atoms with Gasteiger partial charge in [0.15, 0.2) is 0 Å². The lowest BCUT2D eigenvalue weighted by Crippen LogP contribution is -2.45. The van der Waals surface area contributed by atoms with E-state index in [9.17, 15) is 8.78 Å². The van der Waals surface area contributed by atoms with Gasteiger partial charge in [-0.3, -0.25) is 0 Å². The zero-order chi connectivity index (χ0) is 11.8. The maximum Gasteiger partial charge on any atom is 0.256 e. The molecule has 0 radical (unpaired) electrons. The molecule has 0 aliphatic heterocycles. The Kier molecular flexibility index (Phi) is 2.63. The Labute approximate surface area is 91.7 Å². The molecule has 0 aliphatic carbocycles. The fourth-order valence-corrected chi connectivity index (χ4v) is 1.61. The number of nitrogens with one attached hydrogen (secondary N) is 1. The fraction of sp³-hybridized carbons (Fsp3) is 0.364. The molecule has 0 fully saturated rings. The molecule has 0 bridgehead atoms. The first-order chi connectivity index (χ1) is 7.49. The molecule has 2 rings (SSSR count). The Bertz CT molecular complexity index is 491. The van der Waals surface area contributed by atoms with E-state index in [1.54, 1.807) is 24.5 Å². The second-order valence-corrected chi connectivity index (χ2v) is 4.24. The molecule has 16 heavy (non-hydrogen) atoms. The van der Waals surface area contributed by atoms with Crippen LogP contribution in [0.3, 0.4) is 0 Å². The molecule has 0 saturated heterocycles. The number of hydrogen-bond donors (Lipinski definition) is 2. The average Bonchev–Trinajstić information content (AvgIpc) is 2.63. The van der Waals surface area contributed by atoms with E-state index in [1.165, 1.54) is 6.92 Å². The summed E-state index contributed by atoms with van der Waals surface area (Å²) in [5.74, 6) is 0. The van der Waals surface area contributed by atoms with E-state index in [0.717, 1.165) is 16.6 Å². The van der Waals surface area contributed by atoms with Crippen molar-refractivity contribution in [3.63, 3.8) is 0 Å². The molecular formula is C11H13F2N3. The number of hydrogen-bond acceptors (Lipinski definition) is 2. The normalized spacial score (nSPS) is 15.6. The van der Waals surface area contributed by atoms with Crippen molar-refractivity contribution < 1.29 is 8.78 Å². The third kappa shape index (κ3) is 2.04. The number of nitrogens with zero attached hydrogens (tertiary/aromatic N) is 1. The van der Waals surface area contributed by atoms with Crippen molar-refractivity contribution in [3.05, 3.63) is 30.1 Å². The number of benzene rings is 1. The van der Waals surface area contributed by atoms with Crippen LogP contribution in [-0.4, -0.2) is 21.9 Å². The molecule has 2 aromatic rings. The highest BCUT2D eigenvalue weighted by Gasteiger charge is 2.30. The van der Waals surface area contributed by atoms with Crippen LogP contribution < -0.4 is 5.73 Å². The molecule has 0 aliphatic rings. The molecule has 0 saturated carbocycles. The SMILES string of the molecule is CC(N)(Cc1ccc2nc[nH]c2c1)C(F)F. The minimum Gasteiger partial charge on any atom is -0.345 e. The molecule has 1 heterocycles. The van der Waals surface area contributed by atoms with E-state index in [-0.39, 0.29) is 6.42 Å². The van der Waals surface area contributed by atoms with Gasteiger partial charge >= 0.3 is 0 Å². The zero-order valence-corrected chi connectivity index (χ0v) is 8.87. The third-order valence-corrected chi connectivity index (χ3v) is 2.57. The largest absolute Gasteiger partial charge is 0.345 e. The number of fused-ring (bicyclic) bond motifs is 1. The van der Waals surface area contributed by atoms with Gasteiger partial charge < -0.3 is 10.7 Å². The fourth-order valence-electron chi connectivity index (χ4n) is 1.61. The lowest BCUT2D eigenvalue weighted by atomic mass is 9.94. The summed E-state index contributed by atoms with van der Waals surface area (Å²) in [6.07, 6.45) is -0.826. The number of H-pyrrole nitrogens is 1. The van der Waals surface area contributed by atoms with Gasteiger partial charge in [0.25, 0.3) is 6.43 Å². The van der Waals surface area contributed by atoms with Crippen molar-refractivity contribution in [2.75, 3.05) is 0 Å². The molecule has 1 unspecified atom stereocenters. The van der Waals surface area contributed by atoms with Gasteiger partial charge in [0.2, 0.25) is 0 Å². The van der Waals surface area contributed by atoms with Crippen molar-refractivity contribution in [2.45, 2.75) is 25.3 Å². The van der Waals surface area contributed by atoms with Crippen LogP contribution in [0, 0.1) is 0 Å². The maximum atomic E-state index is 12.6. The second kappa shape index (κ2) is 3.83. The minimum absolute atomic E-state index is 0.139. The summed E-state index contributed by atoms with van der Waals surface area (Å²) in [5, 5.41) is 0. The highest BCUT2D eigenvalue weighted by atomic mass is 19.3. The van der Waals surface area contributed by atoms with Gasteiger partial charge in [-0.05, 0) is 31.0 Å². The molecule has 1 atom stereocenters. The molecule has 3 N–H and O–H groups in total. The van der Waals surface area contributed by atoms with Gasteiger partial charge in [0.1, 0.15) is 0 Å². The standard InChI is InChI=1S/C11H13F2N3/c1-11(14,10(12)13)5-7-2-3-8-9(4-7)16-6-15-8/h2-4,6,10H,5,14H2,1H3,(H,15,16). The highest BCUT2D eigenvalue weighted by Crippen LogP contribution is 2.20. The first-order valence-corrected chi connectivity index (χ1v) is 4.98. The lowest BCUT2D eigenvalue weighted by Gasteiger charge is -2.23. The van der Waals surface area contributed by atoms with Gasteiger partial charge in [-0.15, -0.1) is 0 Å². The molecular weight excluding hydrogens is 212 g/mol. The molecule has 1 aromatic carbocycles. The summed E-state index contributed by atoms with van der Waals surface area (Å²) < 4.78 is 25.2. The first kappa shape index (κ1) is 11.0. The monoisotopic (exact) mass is 225 g/mol. The van der Waals surface area contributed by atoms with Crippen LogP contribution in [-0.2, 0) is 6.42 Å². The number of aromatic amines is 1. The minimum atomic E-state index is -2.54. The van der Waals surface area contributed by atoms with Gasteiger partial charge in [-0.1, -0.05) is 6.07 Å². The van der Waals surface area contributed by atoms with Crippen LogP contribution in [0.25, 0.3) is 11.0 Å². The van der Waals surface area contributed by atoms with Crippen LogP contribution in [0.1, 0.15) is 12.5 Å². The van der Waals surface area contributed by atoms with E-state index in [2.05, 4.69) is 9.97 Å². The van der Waals surface area contributed by atoms with Crippen LogP contribution in [0.4, 0.5) is 8.78 Å². The Morgan fingerprint density at radius 2 is 2.25 bits per heavy atom. The zero-order valence-electron chi connectivity index (χ0n) is 8.87. The van der Waals surface area contributed by atoms with Crippen molar-refractivity contribution in [2.24, 2.45) is 5.73 Å². The molecule has 1 aromatic heterocycles. The van der Waals surface area contributed by atoms with E-state index in [1.807, 2.05) is 0 Å². The van der Waals surface area contributed by atoms with E-state index in [0.29, 0.717) is 0 Å². The summed E-state index contributed by atoms with van der Waals surface area (Å²) in [5.41, 5.74) is 6.48. The number of nitrogens with two attached hydrogens (primary N) is 1. The van der Waals surface area contributed by atoms with E-state index < -0.39 is 12.0 Å². The molecule has 0 amide bonds. The van der Waals surface area contributed by atoms with Crippen LogP contribution >= 0.6 is 0 Å². The highest BCUT2D eigenvalue weighted by molar-refractivity contribution is 5.75. The predicted octanol–water partition coefficient (Wildman–Crippen LogP) is 2.09. The topological polar surface area (TPSA) is 54.7 Å². The van der Waals surface area contributed by atoms with Crippen molar-refractivity contribution in [3.8, 4) is 0 Å². The van der Waals surface area contributed by atoms with Crippen LogP contribution in [0.5, 0.6) is 0 Å². The average molecular weight is 225 g/mol. The quantitative estimate of drug-likeness (QED) is 0.840. The van der Waals surface area contributed by atoms with Gasteiger partial charge in [0.05, 0.1) is 22.9 Å². The molecule has 0 spiro atoms. The van der Waals surface area contributed by atoms with Crippen LogP contribution in [0.2, 0.25) is 0 Å². The number of aromatic nitrogens is 2. The Morgan fingerprint density at radius 3 is 2.94 bits per heavy atom. The predicted molar refractivity (Wildman–Crippen MR) is 58.4 cm³/mol. The number of imidazole rings is 1. The smallest absolute Gasteiger partial charge is 0.256 e. The second-order valence-electron chi connectivity index (χ2n) is 4.24. The van der Waals surface area contributed by atoms with E-state index in [4.69, 9.17) is 5.73 Å². The summed E-state index contributed by atoms with van der Waals surface area (Å²) in [6.45, 7) is 1.36. The molecule has 3 nitrogen and oxygen atoms in total. The summed E-state index contributed by atoms with van der Waals surface area (Å²) in [4.78, 5) is 6.99. The van der Waals surface area contributed by atoms with Crippen molar-refractivity contribution in [1.82, 2.24) is 9.97 Å². The molecule has 86 valence electrons. The van der Waals surface area contributed by atoms with Gasteiger partial charge in [0, 0.05) is 0 Å². The van der Waals surface area contributed by atoms with Crippen molar-refractivity contribution in [1.29, 1.82) is 0 Å². The Balaban J connectivity index is 2.27. The number of halogens is 2. The Morgan fingerprint density at radius 1 is 1.50 bits per heavy atom. The summed E-state index contributed by atoms with van der Waals surface area (Å²) in [6, 6.07) is 5.37. The Hall–Kier alpha value is -1.49. The van der Waals surface area contributed by atoms with E-state index >= 15 is 0 Å². The first-order valence-electron chi connectivity index (χ1n) is 4.98. The third-order valence-electron chi connectivity index (χ3n) is 2.57. The summed E-state index contributed by atoms with van der Waals surface area (Å²) >= 11 is 0. The maximum absolute atomic E-state index is 12.6. The summed E-state index contributed by atoms with van der Waals surface area (Å²) in [7, 11) is 0. The van der Waals surface area contributed by atoms with Crippen LogP contribution in [0.15, 0.2) is 24.5 Å². The lowest BCUT2D eigenvalue weighted by molar-refractivity contribution is 0.0639. The van der Waals surface area contributed by atoms with Gasteiger partial charge in [-0.25, -0.2) is 13.8 Å². The molecule has 5 heteroatoms. The number of alkyl halides is 2.